The van der Waals surface area contributed by atoms with Gasteiger partial charge in [0.2, 0.25) is 5.95 Å². The average Bonchev–Trinajstić information content (AvgIpc) is 3.51. The smallest absolute Gasteiger partial charge is 0.290 e. The molecule has 1 aromatic carbocycles. The van der Waals surface area contributed by atoms with Crippen LogP contribution in [-0.4, -0.2) is 45.7 Å². The van der Waals surface area contributed by atoms with Crippen molar-refractivity contribution in [1.82, 2.24) is 25.6 Å². The maximum absolute atomic E-state index is 11.8. The van der Waals surface area contributed by atoms with Crippen LogP contribution >= 0.6 is 23.1 Å². The van der Waals surface area contributed by atoms with Gasteiger partial charge in [-0.1, -0.05) is 24.3 Å². The number of thioether (sulfide) groups is 1. The van der Waals surface area contributed by atoms with Gasteiger partial charge in [0.05, 0.1) is 22.0 Å². The summed E-state index contributed by atoms with van der Waals surface area (Å²) in [6.45, 7) is 3.43. The van der Waals surface area contributed by atoms with Crippen LogP contribution in [0.25, 0.3) is 27.4 Å². The molecule has 10 heteroatoms. The molecule has 0 saturated carbocycles. The van der Waals surface area contributed by atoms with E-state index in [2.05, 4.69) is 73.3 Å². The second-order valence-electron chi connectivity index (χ2n) is 9.35. The highest BCUT2D eigenvalue weighted by Crippen LogP contribution is 2.33. The second-order valence-corrected chi connectivity index (χ2v) is 11.3. The van der Waals surface area contributed by atoms with Gasteiger partial charge in [-0.25, -0.2) is 9.97 Å². The number of hydrogen-bond acceptors (Lipinski definition) is 9. The molecule has 4 aromatic rings. The Morgan fingerprint density at radius 1 is 1.05 bits per heavy atom. The fraction of sp³-hybridized carbons (Fsp3) is 0.250. The van der Waals surface area contributed by atoms with Gasteiger partial charge in [0.1, 0.15) is 0 Å². The SMILES string of the molecule is O=C1NC(=O)/C(=C/c2ccnc(N3CCC(CNCc4cccc(-c5csc6ccccc56)n4)CC3)n2)S1. The van der Waals surface area contributed by atoms with E-state index in [0.717, 1.165) is 62.2 Å². The van der Waals surface area contributed by atoms with Gasteiger partial charge in [0, 0.05) is 46.9 Å². The summed E-state index contributed by atoms with van der Waals surface area (Å²) in [6.07, 6.45) is 5.42. The van der Waals surface area contributed by atoms with Crippen LogP contribution in [-0.2, 0) is 11.3 Å². The molecule has 8 nitrogen and oxygen atoms in total. The monoisotopic (exact) mass is 542 g/mol. The van der Waals surface area contributed by atoms with E-state index in [1.165, 1.54) is 15.6 Å². The molecule has 0 unspecified atom stereocenters. The van der Waals surface area contributed by atoms with Gasteiger partial charge in [-0.2, -0.15) is 0 Å². The number of imide groups is 1. The van der Waals surface area contributed by atoms with Crippen LogP contribution in [0.5, 0.6) is 0 Å². The predicted molar refractivity (Wildman–Crippen MR) is 153 cm³/mol. The van der Waals surface area contributed by atoms with Gasteiger partial charge >= 0.3 is 0 Å². The number of carbonyl (C=O) groups excluding carboxylic acids is 2. The number of thiophene rings is 1. The number of carbonyl (C=O) groups is 2. The molecule has 2 aliphatic heterocycles. The van der Waals surface area contributed by atoms with E-state index in [0.29, 0.717) is 22.5 Å². The molecule has 5 heterocycles. The highest BCUT2D eigenvalue weighted by Gasteiger charge is 2.26. The topological polar surface area (TPSA) is 100 Å². The third-order valence-corrected chi connectivity index (χ3v) is 8.56. The number of aromatic nitrogens is 3. The second kappa shape index (κ2) is 11.0. The van der Waals surface area contributed by atoms with Crippen molar-refractivity contribution in [3.63, 3.8) is 0 Å². The number of anilines is 1. The minimum atomic E-state index is -0.379. The summed E-state index contributed by atoms with van der Waals surface area (Å²) in [5, 5.41) is 8.97. The van der Waals surface area contributed by atoms with E-state index in [1.807, 2.05) is 0 Å². The van der Waals surface area contributed by atoms with Crippen LogP contribution in [0.3, 0.4) is 0 Å². The normalized spacial score (nSPS) is 17.5. The first-order valence-electron chi connectivity index (χ1n) is 12.6. The number of amides is 2. The van der Waals surface area contributed by atoms with Gasteiger partial charge in [0.25, 0.3) is 11.1 Å². The molecular formula is C28H26N6O2S2. The highest BCUT2D eigenvalue weighted by molar-refractivity contribution is 8.18. The molecule has 0 radical (unpaired) electrons. The van der Waals surface area contributed by atoms with Crippen molar-refractivity contribution >= 4 is 56.4 Å². The molecule has 3 aromatic heterocycles. The van der Waals surface area contributed by atoms with Crippen LogP contribution in [0.15, 0.2) is 65.0 Å². The van der Waals surface area contributed by atoms with E-state index in [1.54, 1.807) is 29.7 Å². The Bertz CT molecular complexity index is 1530. The number of piperidine rings is 1. The molecule has 2 aliphatic rings. The van der Waals surface area contributed by atoms with Crippen molar-refractivity contribution in [2.45, 2.75) is 19.4 Å². The van der Waals surface area contributed by atoms with Crippen LogP contribution in [0.4, 0.5) is 10.7 Å². The van der Waals surface area contributed by atoms with Crippen molar-refractivity contribution in [2.75, 3.05) is 24.5 Å². The van der Waals surface area contributed by atoms with Crippen molar-refractivity contribution in [3.05, 3.63) is 76.4 Å². The molecule has 0 aliphatic carbocycles. The maximum Gasteiger partial charge on any atom is 0.290 e. The first-order chi connectivity index (χ1) is 18.6. The summed E-state index contributed by atoms with van der Waals surface area (Å²) < 4.78 is 1.28. The van der Waals surface area contributed by atoms with Gasteiger partial charge in [-0.15, -0.1) is 11.3 Å². The fourth-order valence-electron chi connectivity index (χ4n) is 4.80. The molecule has 0 atom stereocenters. The fourth-order valence-corrected chi connectivity index (χ4v) is 6.42. The first kappa shape index (κ1) is 24.7. The molecule has 6 rings (SSSR count). The molecule has 192 valence electrons. The third kappa shape index (κ3) is 5.47. The maximum atomic E-state index is 11.8. The number of pyridine rings is 1. The van der Waals surface area contributed by atoms with E-state index in [9.17, 15) is 9.59 Å². The minimum Gasteiger partial charge on any atom is -0.341 e. The lowest BCUT2D eigenvalue weighted by Gasteiger charge is -2.32. The van der Waals surface area contributed by atoms with Crippen LogP contribution in [0.2, 0.25) is 0 Å². The molecule has 2 fully saturated rings. The number of nitrogens with one attached hydrogen (secondary N) is 2. The minimum absolute atomic E-state index is 0.355. The lowest BCUT2D eigenvalue weighted by molar-refractivity contribution is -0.115. The molecule has 2 saturated heterocycles. The van der Waals surface area contributed by atoms with Crippen molar-refractivity contribution in [1.29, 1.82) is 0 Å². The Morgan fingerprint density at radius 3 is 2.76 bits per heavy atom. The Kier molecular flexibility index (Phi) is 7.17. The largest absolute Gasteiger partial charge is 0.341 e. The molecular weight excluding hydrogens is 516 g/mol. The van der Waals surface area contributed by atoms with Crippen molar-refractivity contribution < 1.29 is 9.59 Å². The van der Waals surface area contributed by atoms with Gasteiger partial charge in [-0.05, 0) is 67.4 Å². The van der Waals surface area contributed by atoms with E-state index in [-0.39, 0.29) is 11.1 Å². The third-order valence-electron chi connectivity index (χ3n) is 6.79. The summed E-state index contributed by atoms with van der Waals surface area (Å²) in [7, 11) is 0. The van der Waals surface area contributed by atoms with Crippen LogP contribution in [0.1, 0.15) is 24.2 Å². The van der Waals surface area contributed by atoms with E-state index in [4.69, 9.17) is 4.98 Å². The standard InChI is InChI=1S/C28H26N6O2S2/c35-26-25(38-28(36)33-26)14-19-8-11-30-27(32-19)34-12-9-18(10-13-34)15-29-16-20-4-3-6-23(31-20)22-17-37-24-7-2-1-5-21(22)24/h1-8,11,14,17-18,29H,9-10,12-13,15-16H2,(H,33,35,36)/b25-14-. The number of rotatable bonds is 7. The van der Waals surface area contributed by atoms with E-state index >= 15 is 0 Å². The predicted octanol–water partition coefficient (Wildman–Crippen LogP) is 5.08. The molecule has 0 spiro atoms. The number of benzene rings is 1. The molecule has 2 N–H and O–H groups in total. The van der Waals surface area contributed by atoms with Crippen LogP contribution in [0, 0.1) is 5.92 Å². The Balaban J connectivity index is 1.01. The Labute approximate surface area is 228 Å². The molecule has 2 amide bonds. The Hall–Kier alpha value is -3.60. The zero-order chi connectivity index (χ0) is 25.9. The summed E-state index contributed by atoms with van der Waals surface area (Å²) in [5.41, 5.74) is 3.88. The van der Waals surface area contributed by atoms with E-state index < -0.39 is 0 Å². The summed E-state index contributed by atoms with van der Waals surface area (Å²) in [6, 6.07) is 16.5. The van der Waals surface area contributed by atoms with Crippen LogP contribution < -0.4 is 15.5 Å². The highest BCUT2D eigenvalue weighted by atomic mass is 32.2. The summed E-state index contributed by atoms with van der Waals surface area (Å²) >= 11 is 2.65. The summed E-state index contributed by atoms with van der Waals surface area (Å²) in [5.74, 6) is 0.850. The number of nitrogens with zero attached hydrogens (tertiary/aromatic N) is 4. The zero-order valence-electron chi connectivity index (χ0n) is 20.6. The van der Waals surface area contributed by atoms with Gasteiger partial charge < -0.3 is 10.2 Å². The molecule has 38 heavy (non-hydrogen) atoms. The summed E-state index contributed by atoms with van der Waals surface area (Å²) in [4.78, 5) is 39.7. The lowest BCUT2D eigenvalue weighted by Crippen LogP contribution is -2.38. The lowest BCUT2D eigenvalue weighted by atomic mass is 9.97. The average molecular weight is 543 g/mol. The quantitative estimate of drug-likeness (QED) is 0.312. The van der Waals surface area contributed by atoms with Gasteiger partial charge in [0.15, 0.2) is 0 Å². The van der Waals surface area contributed by atoms with Gasteiger partial charge in [-0.3, -0.25) is 19.9 Å². The number of hydrogen-bond donors (Lipinski definition) is 2. The Morgan fingerprint density at radius 2 is 1.92 bits per heavy atom. The van der Waals surface area contributed by atoms with Crippen molar-refractivity contribution in [2.24, 2.45) is 5.92 Å². The van der Waals surface area contributed by atoms with Crippen molar-refractivity contribution in [3.8, 4) is 11.3 Å². The molecule has 0 bridgehead atoms. The zero-order valence-corrected chi connectivity index (χ0v) is 22.2. The first-order valence-corrected chi connectivity index (χ1v) is 14.3. The number of fused-ring (bicyclic) bond motifs is 1.